The molecule has 3 fully saturated rings. The summed E-state index contributed by atoms with van der Waals surface area (Å²) >= 11 is 0. The van der Waals surface area contributed by atoms with E-state index in [1.165, 1.54) is 4.90 Å². The van der Waals surface area contributed by atoms with Crippen molar-refractivity contribution in [2.75, 3.05) is 60.5 Å². The normalized spacial score (nSPS) is 29.1. The molecule has 3 aliphatic rings. The summed E-state index contributed by atoms with van der Waals surface area (Å²) in [5.74, 6) is -0.307. The number of nitrogens with one attached hydrogen (secondary N) is 1. The van der Waals surface area contributed by atoms with E-state index in [-0.39, 0.29) is 17.9 Å². The highest BCUT2D eigenvalue weighted by Crippen LogP contribution is 2.45. The van der Waals surface area contributed by atoms with Crippen LogP contribution in [0.1, 0.15) is 39.0 Å². The van der Waals surface area contributed by atoms with Crippen molar-refractivity contribution in [3.8, 4) is 0 Å². The number of carbonyl (C=O) groups excluding carboxylic acids is 2. The Bertz CT molecular complexity index is 579. The van der Waals surface area contributed by atoms with Gasteiger partial charge in [-0.15, -0.1) is 0 Å². The number of carbonyl (C=O) groups is 2. The Labute approximate surface area is 174 Å². The third-order valence-corrected chi connectivity index (χ3v) is 6.65. The molecule has 1 unspecified atom stereocenters. The number of piperidine rings is 1. The SMILES string of the molecule is CCN(C(=O)NCCCN(C)C)C(=O)[C@@H]1CC2CC3(CC[C@H]2N(C)C1)OCCO3. The average molecular weight is 411 g/mol. The van der Waals surface area contributed by atoms with E-state index in [1.54, 1.807) is 0 Å². The van der Waals surface area contributed by atoms with Crippen LogP contribution in [0.25, 0.3) is 0 Å². The molecule has 166 valence electrons. The van der Waals surface area contributed by atoms with Gasteiger partial charge >= 0.3 is 6.03 Å². The summed E-state index contributed by atoms with van der Waals surface area (Å²) in [6.07, 6.45) is 4.46. The molecule has 1 spiro atoms. The zero-order valence-corrected chi connectivity index (χ0v) is 18.5. The first-order valence-corrected chi connectivity index (χ1v) is 11.1. The number of nitrogens with zero attached hydrogens (tertiary/aromatic N) is 3. The van der Waals surface area contributed by atoms with Gasteiger partial charge in [0.05, 0.1) is 19.1 Å². The first-order valence-electron chi connectivity index (χ1n) is 11.1. The number of imide groups is 1. The molecule has 0 radical (unpaired) electrons. The molecule has 0 bridgehead atoms. The summed E-state index contributed by atoms with van der Waals surface area (Å²) in [4.78, 5) is 31.6. The third kappa shape index (κ3) is 5.29. The second-order valence-corrected chi connectivity index (χ2v) is 9.02. The molecule has 0 aromatic carbocycles. The van der Waals surface area contributed by atoms with Crippen molar-refractivity contribution in [3.05, 3.63) is 0 Å². The molecule has 3 rings (SSSR count). The Morgan fingerprint density at radius 3 is 2.62 bits per heavy atom. The number of amides is 3. The summed E-state index contributed by atoms with van der Waals surface area (Å²) in [5, 5.41) is 2.90. The van der Waals surface area contributed by atoms with Gasteiger partial charge in [-0.05, 0) is 59.8 Å². The first kappa shape index (κ1) is 22.5. The molecular weight excluding hydrogens is 372 g/mol. The topological polar surface area (TPSA) is 74.4 Å². The van der Waals surface area contributed by atoms with Gasteiger partial charge in [0.1, 0.15) is 0 Å². The van der Waals surface area contributed by atoms with E-state index in [4.69, 9.17) is 9.47 Å². The van der Waals surface area contributed by atoms with Gasteiger partial charge in [-0.25, -0.2) is 4.79 Å². The number of ether oxygens (including phenoxy) is 2. The fourth-order valence-corrected chi connectivity index (χ4v) is 5.23. The van der Waals surface area contributed by atoms with Crippen LogP contribution >= 0.6 is 0 Å². The number of likely N-dealkylation sites (tertiary alicyclic amines) is 1. The van der Waals surface area contributed by atoms with Gasteiger partial charge in [-0.2, -0.15) is 0 Å². The molecule has 0 aromatic heterocycles. The fourth-order valence-electron chi connectivity index (χ4n) is 5.23. The van der Waals surface area contributed by atoms with Gasteiger partial charge in [-0.1, -0.05) is 0 Å². The summed E-state index contributed by atoms with van der Waals surface area (Å²) in [7, 11) is 6.12. The number of urea groups is 1. The standard InChI is InChI=1S/C21H38N4O4/c1-5-25(20(27)22-9-6-10-23(2)3)19(26)17-13-16-14-21(28-11-12-29-21)8-7-18(16)24(4)15-17/h16-18H,5-15H2,1-4H3,(H,22,27)/t16?,17-,18-/m1/s1. The molecule has 2 aliphatic heterocycles. The second-order valence-electron chi connectivity index (χ2n) is 9.02. The van der Waals surface area contributed by atoms with Crippen LogP contribution in [0.3, 0.4) is 0 Å². The van der Waals surface area contributed by atoms with E-state index < -0.39 is 5.79 Å². The lowest BCUT2D eigenvalue weighted by Crippen LogP contribution is -2.57. The highest BCUT2D eigenvalue weighted by molar-refractivity contribution is 5.95. The lowest BCUT2D eigenvalue weighted by Gasteiger charge is -2.49. The molecule has 1 N–H and O–H groups in total. The van der Waals surface area contributed by atoms with Gasteiger partial charge in [0.25, 0.3) is 0 Å². The average Bonchev–Trinajstić information content (AvgIpc) is 3.12. The van der Waals surface area contributed by atoms with Crippen LogP contribution in [0.4, 0.5) is 4.79 Å². The van der Waals surface area contributed by atoms with Crippen LogP contribution in [0.2, 0.25) is 0 Å². The molecule has 8 heteroatoms. The molecule has 1 aliphatic carbocycles. The van der Waals surface area contributed by atoms with Crippen molar-refractivity contribution in [3.63, 3.8) is 0 Å². The Kier molecular flexibility index (Phi) is 7.53. The minimum Gasteiger partial charge on any atom is -0.348 e. The number of hydrogen-bond donors (Lipinski definition) is 1. The van der Waals surface area contributed by atoms with Gasteiger partial charge in [0.2, 0.25) is 5.91 Å². The van der Waals surface area contributed by atoms with Crippen molar-refractivity contribution in [2.45, 2.75) is 50.9 Å². The Balaban J connectivity index is 1.58. The maximum Gasteiger partial charge on any atom is 0.324 e. The first-order chi connectivity index (χ1) is 13.8. The smallest absolute Gasteiger partial charge is 0.324 e. The van der Waals surface area contributed by atoms with E-state index in [0.717, 1.165) is 38.6 Å². The van der Waals surface area contributed by atoms with E-state index in [2.05, 4.69) is 22.2 Å². The molecule has 0 aromatic rings. The Morgan fingerprint density at radius 2 is 1.97 bits per heavy atom. The molecule has 2 saturated heterocycles. The predicted octanol–water partition coefficient (Wildman–Crippen LogP) is 1.36. The highest BCUT2D eigenvalue weighted by atomic mass is 16.7. The second kappa shape index (κ2) is 9.73. The Morgan fingerprint density at radius 1 is 1.24 bits per heavy atom. The van der Waals surface area contributed by atoms with Gasteiger partial charge < -0.3 is 24.6 Å². The van der Waals surface area contributed by atoms with Crippen molar-refractivity contribution < 1.29 is 19.1 Å². The van der Waals surface area contributed by atoms with Crippen molar-refractivity contribution in [2.24, 2.45) is 11.8 Å². The largest absolute Gasteiger partial charge is 0.348 e. The number of hydrogen-bond acceptors (Lipinski definition) is 6. The third-order valence-electron chi connectivity index (χ3n) is 6.65. The molecular formula is C21H38N4O4. The molecule has 3 atom stereocenters. The minimum absolute atomic E-state index is 0.0595. The van der Waals surface area contributed by atoms with Crippen molar-refractivity contribution in [1.82, 2.24) is 20.0 Å². The maximum atomic E-state index is 13.2. The molecule has 1 saturated carbocycles. The predicted molar refractivity (Wildman–Crippen MR) is 110 cm³/mol. The lowest BCUT2D eigenvalue weighted by atomic mass is 9.72. The van der Waals surface area contributed by atoms with Crippen LogP contribution < -0.4 is 5.32 Å². The van der Waals surface area contributed by atoms with E-state index in [9.17, 15) is 9.59 Å². The number of fused-ring (bicyclic) bond motifs is 1. The van der Waals surface area contributed by atoms with Crippen LogP contribution in [0.15, 0.2) is 0 Å². The van der Waals surface area contributed by atoms with E-state index in [0.29, 0.717) is 44.8 Å². The van der Waals surface area contributed by atoms with Gasteiger partial charge in [0.15, 0.2) is 5.79 Å². The summed E-state index contributed by atoms with van der Waals surface area (Å²) in [5.41, 5.74) is 0. The van der Waals surface area contributed by atoms with Crippen LogP contribution in [-0.4, -0.2) is 99.0 Å². The Hall–Kier alpha value is -1.22. The highest BCUT2D eigenvalue weighted by Gasteiger charge is 2.49. The molecule has 2 heterocycles. The molecule has 8 nitrogen and oxygen atoms in total. The maximum absolute atomic E-state index is 13.2. The van der Waals surface area contributed by atoms with Crippen LogP contribution in [0, 0.1) is 11.8 Å². The van der Waals surface area contributed by atoms with Gasteiger partial charge in [0, 0.05) is 38.5 Å². The van der Waals surface area contributed by atoms with E-state index >= 15 is 0 Å². The molecule has 3 amide bonds. The summed E-state index contributed by atoms with van der Waals surface area (Å²) in [6, 6.07) is 0.191. The van der Waals surface area contributed by atoms with E-state index in [1.807, 2.05) is 21.0 Å². The fraction of sp³-hybridized carbons (Fsp3) is 0.905. The monoisotopic (exact) mass is 410 g/mol. The quantitative estimate of drug-likeness (QED) is 0.667. The van der Waals surface area contributed by atoms with Gasteiger partial charge in [-0.3, -0.25) is 9.69 Å². The summed E-state index contributed by atoms with van der Waals surface area (Å²) < 4.78 is 11.9. The lowest BCUT2D eigenvalue weighted by molar-refractivity contribution is -0.202. The minimum atomic E-state index is -0.443. The zero-order chi connectivity index (χ0) is 21.0. The van der Waals surface area contributed by atoms with Crippen LogP contribution in [0.5, 0.6) is 0 Å². The van der Waals surface area contributed by atoms with Crippen LogP contribution in [-0.2, 0) is 14.3 Å². The summed E-state index contributed by atoms with van der Waals surface area (Å²) in [6.45, 7) is 5.76. The zero-order valence-electron chi connectivity index (χ0n) is 18.5. The number of rotatable bonds is 6. The van der Waals surface area contributed by atoms with Crippen molar-refractivity contribution >= 4 is 11.9 Å². The van der Waals surface area contributed by atoms with Crippen molar-refractivity contribution in [1.29, 1.82) is 0 Å². The molecule has 29 heavy (non-hydrogen) atoms.